The Morgan fingerprint density at radius 2 is 0.882 bits per heavy atom. The van der Waals surface area contributed by atoms with E-state index in [2.05, 4.69) is 19.2 Å². The summed E-state index contributed by atoms with van der Waals surface area (Å²) in [6, 6.07) is 0. The highest BCUT2D eigenvalue weighted by Crippen LogP contribution is 2.17. The Balaban J connectivity index is 0. The first kappa shape index (κ1) is 36.0. The second-order valence-corrected chi connectivity index (χ2v) is 11.5. The lowest BCUT2D eigenvalue weighted by molar-refractivity contribution is 0.270. The van der Waals surface area contributed by atoms with Gasteiger partial charge in [0.2, 0.25) is 5.50 Å². The Bertz CT molecular complexity index is 474. The van der Waals surface area contributed by atoms with Crippen LogP contribution in [0.2, 0.25) is 0 Å². The molecule has 0 saturated heterocycles. The smallest absolute Gasteiger partial charge is 0.299 e. The van der Waals surface area contributed by atoms with Crippen molar-refractivity contribution in [3.63, 3.8) is 0 Å². The molecule has 0 amide bonds. The second kappa shape index (κ2) is 29.0. The highest BCUT2D eigenvalue weighted by Gasteiger charge is 2.25. The van der Waals surface area contributed by atoms with Crippen LogP contribution in [0, 0.1) is 0 Å². The molecule has 1 atom stereocenters. The van der Waals surface area contributed by atoms with Gasteiger partial charge in [-0.05, 0) is 33.4 Å². The topological polar surface area (TPSA) is 55.4 Å². The molecule has 4 nitrogen and oxygen atoms in total. The molecule has 0 bridgehead atoms. The maximum Gasteiger partial charge on any atom is 0.299 e. The molecular formula is C28H60FNO3S. The van der Waals surface area contributed by atoms with Crippen molar-refractivity contribution < 1.29 is 17.0 Å². The Kier molecular flexibility index (Phi) is 30.7. The van der Waals surface area contributed by atoms with E-state index in [0.29, 0.717) is 12.8 Å². The Morgan fingerprint density at radius 1 is 0.588 bits per heavy atom. The van der Waals surface area contributed by atoms with Crippen molar-refractivity contribution >= 4 is 10.1 Å². The number of unbranched alkanes of at least 4 members (excludes halogenated alkanes) is 19. The van der Waals surface area contributed by atoms with Crippen LogP contribution < -0.4 is 5.32 Å². The second-order valence-electron chi connectivity index (χ2n) is 9.73. The van der Waals surface area contributed by atoms with Gasteiger partial charge in [0, 0.05) is 0 Å². The third kappa shape index (κ3) is 28.0. The van der Waals surface area contributed by atoms with E-state index in [-0.39, 0.29) is 13.0 Å². The highest BCUT2D eigenvalue weighted by molar-refractivity contribution is 7.87. The van der Waals surface area contributed by atoms with Crippen LogP contribution in [0.3, 0.4) is 0 Å². The van der Waals surface area contributed by atoms with Crippen molar-refractivity contribution in [2.75, 3.05) is 20.7 Å². The van der Waals surface area contributed by atoms with Gasteiger partial charge in [-0.25, -0.2) is 4.39 Å². The van der Waals surface area contributed by atoms with Crippen molar-refractivity contribution in [1.82, 2.24) is 5.32 Å². The lowest BCUT2D eigenvalue weighted by atomic mass is 10.1. The van der Waals surface area contributed by atoms with E-state index in [9.17, 15) is 12.8 Å². The first-order valence-electron chi connectivity index (χ1n) is 14.6. The third-order valence-electron chi connectivity index (χ3n) is 6.09. The van der Waals surface area contributed by atoms with Crippen LogP contribution in [0.4, 0.5) is 4.39 Å². The summed E-state index contributed by atoms with van der Waals surface area (Å²) in [6.07, 6.45) is 24.8. The third-order valence-corrected chi connectivity index (χ3v) is 7.45. The van der Waals surface area contributed by atoms with Gasteiger partial charge in [0.25, 0.3) is 10.1 Å². The number of nitrogens with one attached hydrogen (secondary N) is 1. The maximum atomic E-state index is 14.0. The minimum atomic E-state index is -4.05. The van der Waals surface area contributed by atoms with Crippen LogP contribution in [0.15, 0.2) is 0 Å². The Morgan fingerprint density at radius 3 is 1.24 bits per heavy atom. The van der Waals surface area contributed by atoms with Gasteiger partial charge in [-0.1, -0.05) is 136 Å². The number of halogens is 1. The van der Waals surface area contributed by atoms with Gasteiger partial charge in [0.05, 0.1) is 6.61 Å². The minimum absolute atomic E-state index is 0.0661. The average Bonchev–Trinajstić information content (AvgIpc) is 2.81. The van der Waals surface area contributed by atoms with E-state index >= 15 is 0 Å². The van der Waals surface area contributed by atoms with E-state index in [1.807, 2.05) is 14.1 Å². The van der Waals surface area contributed by atoms with E-state index in [1.54, 1.807) is 0 Å². The monoisotopic (exact) mass is 509 g/mol. The zero-order chi connectivity index (χ0) is 25.8. The normalized spacial score (nSPS) is 12.4. The Hall–Kier alpha value is -0.200. The number of hydrogen-bond donors (Lipinski definition) is 1. The molecule has 0 fully saturated rings. The fourth-order valence-electron chi connectivity index (χ4n) is 3.95. The summed E-state index contributed by atoms with van der Waals surface area (Å²) in [6.45, 7) is 4.58. The average molecular weight is 510 g/mol. The molecule has 0 spiro atoms. The molecule has 1 unspecified atom stereocenters. The number of alkyl halides is 1. The molecule has 6 heteroatoms. The van der Waals surface area contributed by atoms with Gasteiger partial charge in [0.15, 0.2) is 0 Å². The predicted octanol–water partition coefficient (Wildman–Crippen LogP) is 9.09. The standard InChI is InChI=1S/C26H53FO3S.C2H7N/c1-3-5-7-9-11-13-14-15-17-19-21-23-25-30-31(28,29)26(27)24-22-20-18-16-12-10-8-6-4-2;1-3-2/h26H,3-25H2,1-2H3;3H,1-2H3. The fraction of sp³-hybridized carbons (Fsp3) is 1.00. The summed E-state index contributed by atoms with van der Waals surface area (Å²) < 4.78 is 42.7. The van der Waals surface area contributed by atoms with Crippen LogP contribution in [-0.2, 0) is 14.3 Å². The molecule has 1 N–H and O–H groups in total. The molecule has 0 aromatic rings. The molecule has 0 aliphatic carbocycles. The van der Waals surface area contributed by atoms with Gasteiger partial charge >= 0.3 is 0 Å². The van der Waals surface area contributed by atoms with Crippen molar-refractivity contribution in [3.8, 4) is 0 Å². The van der Waals surface area contributed by atoms with E-state index < -0.39 is 15.6 Å². The molecule has 0 radical (unpaired) electrons. The van der Waals surface area contributed by atoms with Crippen LogP contribution in [0.5, 0.6) is 0 Å². The summed E-state index contributed by atoms with van der Waals surface area (Å²) in [5, 5.41) is 2.75. The van der Waals surface area contributed by atoms with Crippen molar-refractivity contribution in [1.29, 1.82) is 0 Å². The zero-order valence-corrected chi connectivity index (χ0v) is 24.2. The quantitative estimate of drug-likeness (QED) is 0.0984. The summed E-state index contributed by atoms with van der Waals surface area (Å²) in [7, 11) is -0.299. The number of rotatable bonds is 25. The van der Waals surface area contributed by atoms with Crippen molar-refractivity contribution in [3.05, 3.63) is 0 Å². The van der Waals surface area contributed by atoms with Gasteiger partial charge in [-0.3, -0.25) is 4.18 Å². The summed E-state index contributed by atoms with van der Waals surface area (Å²) >= 11 is 0. The van der Waals surface area contributed by atoms with Crippen LogP contribution in [0.1, 0.15) is 155 Å². The fourth-order valence-corrected chi connectivity index (χ4v) is 4.90. The zero-order valence-electron chi connectivity index (χ0n) is 23.4. The molecule has 0 aromatic heterocycles. The SMILES string of the molecule is CCCCCCCCCCCCCCOS(=O)(=O)C(F)CCCCCCCCCCC.CNC. The van der Waals surface area contributed by atoms with Crippen LogP contribution >= 0.6 is 0 Å². The highest BCUT2D eigenvalue weighted by atomic mass is 32.2. The summed E-state index contributed by atoms with van der Waals surface area (Å²) in [5.41, 5.74) is -1.87. The van der Waals surface area contributed by atoms with Gasteiger partial charge < -0.3 is 5.32 Å². The minimum Gasteiger partial charge on any atom is -0.323 e. The molecular weight excluding hydrogens is 449 g/mol. The van der Waals surface area contributed by atoms with Crippen molar-refractivity contribution in [2.45, 2.75) is 161 Å². The molecule has 0 heterocycles. The molecule has 0 aliphatic rings. The van der Waals surface area contributed by atoms with Crippen molar-refractivity contribution in [2.24, 2.45) is 0 Å². The molecule has 0 saturated carbocycles. The van der Waals surface area contributed by atoms with Gasteiger partial charge in [-0.2, -0.15) is 8.42 Å². The lowest BCUT2D eigenvalue weighted by Crippen LogP contribution is -2.19. The number of hydrogen-bond acceptors (Lipinski definition) is 4. The van der Waals surface area contributed by atoms with E-state index in [1.165, 1.54) is 96.3 Å². The van der Waals surface area contributed by atoms with Crippen LogP contribution in [-0.4, -0.2) is 34.6 Å². The summed E-state index contributed by atoms with van der Waals surface area (Å²) in [5.74, 6) is 0. The lowest BCUT2D eigenvalue weighted by Gasteiger charge is -2.10. The molecule has 34 heavy (non-hydrogen) atoms. The molecule has 208 valence electrons. The van der Waals surface area contributed by atoms with E-state index in [0.717, 1.165) is 25.7 Å². The summed E-state index contributed by atoms with van der Waals surface area (Å²) in [4.78, 5) is 0. The molecule has 0 aliphatic heterocycles. The maximum absolute atomic E-state index is 14.0. The Labute approximate surface area is 213 Å². The molecule has 0 rings (SSSR count). The first-order valence-corrected chi connectivity index (χ1v) is 16.0. The van der Waals surface area contributed by atoms with Crippen LogP contribution in [0.25, 0.3) is 0 Å². The van der Waals surface area contributed by atoms with E-state index in [4.69, 9.17) is 4.18 Å². The predicted molar refractivity (Wildman–Crippen MR) is 148 cm³/mol. The van der Waals surface area contributed by atoms with Gasteiger partial charge in [-0.15, -0.1) is 0 Å². The van der Waals surface area contributed by atoms with Gasteiger partial charge in [0.1, 0.15) is 0 Å². The largest absolute Gasteiger partial charge is 0.323 e. The molecule has 0 aromatic carbocycles. The first-order chi connectivity index (χ1) is 16.5.